The molecule has 0 saturated carbocycles. The number of benzene rings is 1. The lowest BCUT2D eigenvalue weighted by Gasteiger charge is -2.15. The molecule has 0 N–H and O–H groups in total. The fourth-order valence-electron chi connectivity index (χ4n) is 2.64. The number of aromatic nitrogens is 1. The van der Waals surface area contributed by atoms with E-state index in [2.05, 4.69) is 29.2 Å². The van der Waals surface area contributed by atoms with Crippen molar-refractivity contribution in [2.45, 2.75) is 17.9 Å². The normalized spacial score (nSPS) is 17.6. The molecule has 1 atom stereocenters. The average Bonchev–Trinajstić information content (AvgIpc) is 3.23. The summed E-state index contributed by atoms with van der Waals surface area (Å²) in [6.45, 7) is 2.13. The largest absolute Gasteiger partial charge is 0.378 e. The Bertz CT molecular complexity index is 645. The van der Waals surface area contributed by atoms with Crippen molar-refractivity contribution in [2.24, 2.45) is 5.92 Å². The molecule has 0 bridgehead atoms. The molecule has 1 aliphatic rings. The van der Waals surface area contributed by atoms with Gasteiger partial charge in [0.05, 0.1) is 6.61 Å². The van der Waals surface area contributed by atoms with E-state index in [0.29, 0.717) is 18.2 Å². The highest BCUT2D eigenvalue weighted by Crippen LogP contribution is 2.26. The van der Waals surface area contributed by atoms with Crippen LogP contribution in [0.3, 0.4) is 0 Å². The standard InChI is InChI=1S/C17H20N2O2S2/c1-21-10-16-18-15(12-23-16)17(20)19-8-7-13(9-19)11-22-14-5-3-2-4-6-14/h2-6,12-13H,7-11H2,1H3/t13-/m1/s1. The van der Waals surface area contributed by atoms with Crippen LogP contribution in [0, 0.1) is 5.92 Å². The highest BCUT2D eigenvalue weighted by atomic mass is 32.2. The molecule has 1 amide bonds. The van der Waals surface area contributed by atoms with E-state index in [4.69, 9.17) is 4.74 Å². The van der Waals surface area contributed by atoms with Crippen molar-refractivity contribution >= 4 is 29.0 Å². The zero-order valence-electron chi connectivity index (χ0n) is 13.1. The molecule has 4 nitrogen and oxygen atoms in total. The molecule has 0 aliphatic carbocycles. The summed E-state index contributed by atoms with van der Waals surface area (Å²) in [5, 5.41) is 2.69. The Hall–Kier alpha value is -1.37. The van der Waals surface area contributed by atoms with E-state index in [-0.39, 0.29) is 5.91 Å². The van der Waals surface area contributed by atoms with E-state index >= 15 is 0 Å². The zero-order valence-corrected chi connectivity index (χ0v) is 14.7. The molecule has 2 aromatic rings. The van der Waals surface area contributed by atoms with Crippen LogP contribution in [-0.2, 0) is 11.3 Å². The van der Waals surface area contributed by atoms with Gasteiger partial charge in [0.1, 0.15) is 10.7 Å². The number of nitrogens with zero attached hydrogens (tertiary/aromatic N) is 2. The number of rotatable bonds is 6. The molecular weight excluding hydrogens is 328 g/mol. The maximum atomic E-state index is 12.5. The van der Waals surface area contributed by atoms with E-state index < -0.39 is 0 Å². The number of ether oxygens (including phenoxy) is 1. The fourth-order valence-corrected chi connectivity index (χ4v) is 4.43. The van der Waals surface area contributed by atoms with Crippen LogP contribution in [0.1, 0.15) is 21.9 Å². The van der Waals surface area contributed by atoms with Gasteiger partial charge in [-0.25, -0.2) is 4.98 Å². The number of thiazole rings is 1. The Kier molecular flexibility index (Phi) is 5.70. The van der Waals surface area contributed by atoms with Crippen LogP contribution < -0.4 is 0 Å². The molecular formula is C17H20N2O2S2. The Morgan fingerprint density at radius 1 is 1.43 bits per heavy atom. The monoisotopic (exact) mass is 348 g/mol. The molecule has 2 heterocycles. The third kappa shape index (κ3) is 4.34. The maximum absolute atomic E-state index is 12.5. The van der Waals surface area contributed by atoms with Gasteiger partial charge in [0.25, 0.3) is 5.91 Å². The first-order valence-corrected chi connectivity index (χ1v) is 9.53. The van der Waals surface area contributed by atoms with Crippen LogP contribution in [0.4, 0.5) is 0 Å². The van der Waals surface area contributed by atoms with Crippen LogP contribution in [0.5, 0.6) is 0 Å². The first-order chi connectivity index (χ1) is 11.3. The number of amides is 1. The molecule has 23 heavy (non-hydrogen) atoms. The molecule has 1 aromatic heterocycles. The van der Waals surface area contributed by atoms with Gasteiger partial charge in [-0.05, 0) is 24.5 Å². The predicted molar refractivity (Wildman–Crippen MR) is 94.0 cm³/mol. The summed E-state index contributed by atoms with van der Waals surface area (Å²) in [6.07, 6.45) is 1.07. The summed E-state index contributed by atoms with van der Waals surface area (Å²) in [7, 11) is 1.64. The number of hydrogen-bond acceptors (Lipinski definition) is 5. The van der Waals surface area contributed by atoms with Gasteiger partial charge in [-0.1, -0.05) is 18.2 Å². The first-order valence-electron chi connectivity index (χ1n) is 7.66. The number of hydrogen-bond donors (Lipinski definition) is 0. The Morgan fingerprint density at radius 3 is 3.04 bits per heavy atom. The summed E-state index contributed by atoms with van der Waals surface area (Å²) in [5.74, 6) is 1.66. The van der Waals surface area contributed by atoms with E-state index in [1.165, 1.54) is 16.2 Å². The Morgan fingerprint density at radius 2 is 2.26 bits per heavy atom. The van der Waals surface area contributed by atoms with E-state index in [0.717, 1.165) is 30.3 Å². The molecule has 0 spiro atoms. The summed E-state index contributed by atoms with van der Waals surface area (Å²) in [5.41, 5.74) is 0.554. The van der Waals surface area contributed by atoms with Gasteiger partial charge in [0.15, 0.2) is 0 Å². The highest BCUT2D eigenvalue weighted by Gasteiger charge is 2.28. The predicted octanol–water partition coefficient (Wildman–Crippen LogP) is 3.54. The van der Waals surface area contributed by atoms with Crippen molar-refractivity contribution < 1.29 is 9.53 Å². The minimum Gasteiger partial charge on any atom is -0.378 e. The lowest BCUT2D eigenvalue weighted by molar-refractivity contribution is 0.0782. The lowest BCUT2D eigenvalue weighted by atomic mass is 10.2. The quantitative estimate of drug-likeness (QED) is 0.749. The molecule has 0 radical (unpaired) electrons. The minimum absolute atomic E-state index is 0.0517. The van der Waals surface area contributed by atoms with Gasteiger partial charge in [0, 0.05) is 36.2 Å². The minimum atomic E-state index is 0.0517. The summed E-state index contributed by atoms with van der Waals surface area (Å²) in [6, 6.07) is 10.4. The second-order valence-electron chi connectivity index (χ2n) is 5.59. The van der Waals surface area contributed by atoms with E-state index in [1.807, 2.05) is 28.1 Å². The van der Waals surface area contributed by atoms with Crippen molar-refractivity contribution in [1.29, 1.82) is 0 Å². The number of carbonyl (C=O) groups is 1. The van der Waals surface area contributed by atoms with Gasteiger partial charge in [-0.2, -0.15) is 0 Å². The Labute approximate surface area is 144 Å². The second-order valence-corrected chi connectivity index (χ2v) is 7.63. The van der Waals surface area contributed by atoms with Crippen molar-refractivity contribution in [1.82, 2.24) is 9.88 Å². The summed E-state index contributed by atoms with van der Waals surface area (Å²) >= 11 is 3.35. The molecule has 1 fully saturated rings. The molecule has 6 heteroatoms. The van der Waals surface area contributed by atoms with Gasteiger partial charge >= 0.3 is 0 Å². The zero-order chi connectivity index (χ0) is 16.1. The van der Waals surface area contributed by atoms with E-state index in [1.54, 1.807) is 7.11 Å². The smallest absolute Gasteiger partial charge is 0.273 e. The van der Waals surface area contributed by atoms with Crippen molar-refractivity contribution in [3.63, 3.8) is 0 Å². The van der Waals surface area contributed by atoms with Gasteiger partial charge < -0.3 is 9.64 Å². The highest BCUT2D eigenvalue weighted by molar-refractivity contribution is 7.99. The molecule has 1 saturated heterocycles. The third-order valence-electron chi connectivity index (χ3n) is 3.84. The van der Waals surface area contributed by atoms with Crippen LogP contribution in [-0.4, -0.2) is 41.7 Å². The fraction of sp³-hybridized carbons (Fsp3) is 0.412. The third-order valence-corrected chi connectivity index (χ3v) is 5.91. The molecule has 122 valence electrons. The van der Waals surface area contributed by atoms with Crippen LogP contribution in [0.25, 0.3) is 0 Å². The SMILES string of the molecule is COCc1nc(C(=O)N2CC[C@@H](CSc3ccccc3)C2)cs1. The number of likely N-dealkylation sites (tertiary alicyclic amines) is 1. The second kappa shape index (κ2) is 7.95. The maximum Gasteiger partial charge on any atom is 0.273 e. The van der Waals surface area contributed by atoms with Crippen LogP contribution >= 0.6 is 23.1 Å². The van der Waals surface area contributed by atoms with E-state index in [9.17, 15) is 4.79 Å². The topological polar surface area (TPSA) is 42.4 Å². The van der Waals surface area contributed by atoms with Gasteiger partial charge in [-0.15, -0.1) is 23.1 Å². The molecule has 0 unspecified atom stereocenters. The summed E-state index contributed by atoms with van der Waals surface area (Å²) < 4.78 is 5.06. The number of methoxy groups -OCH3 is 1. The van der Waals surface area contributed by atoms with Crippen LogP contribution in [0.15, 0.2) is 40.6 Å². The van der Waals surface area contributed by atoms with Crippen LogP contribution in [0.2, 0.25) is 0 Å². The Balaban J connectivity index is 1.51. The first kappa shape index (κ1) is 16.5. The average molecular weight is 348 g/mol. The number of carbonyl (C=O) groups excluding carboxylic acids is 1. The lowest BCUT2D eigenvalue weighted by Crippen LogP contribution is -2.29. The van der Waals surface area contributed by atoms with Crippen molar-refractivity contribution in [3.8, 4) is 0 Å². The number of thioether (sulfide) groups is 1. The summed E-state index contributed by atoms with van der Waals surface area (Å²) in [4.78, 5) is 20.1. The van der Waals surface area contributed by atoms with Crippen molar-refractivity contribution in [3.05, 3.63) is 46.4 Å². The molecule has 1 aliphatic heterocycles. The van der Waals surface area contributed by atoms with Crippen molar-refractivity contribution in [2.75, 3.05) is 26.0 Å². The van der Waals surface area contributed by atoms with Gasteiger partial charge in [0.2, 0.25) is 0 Å². The molecule has 1 aromatic carbocycles. The van der Waals surface area contributed by atoms with Gasteiger partial charge in [-0.3, -0.25) is 4.79 Å². The molecule has 3 rings (SSSR count).